The normalized spacial score (nSPS) is 13.9. The molecule has 1 saturated carbocycles. The Hall–Kier alpha value is -2.60. The number of carbonyl (C=O) groups is 2. The van der Waals surface area contributed by atoms with E-state index in [1.54, 1.807) is 4.90 Å². The van der Waals surface area contributed by atoms with Crippen molar-refractivity contribution in [2.45, 2.75) is 58.9 Å². The molecule has 6 nitrogen and oxygen atoms in total. The molecule has 33 heavy (non-hydrogen) atoms. The Morgan fingerprint density at radius 3 is 2.45 bits per heavy atom. The second kappa shape index (κ2) is 13.2. The summed E-state index contributed by atoms with van der Waals surface area (Å²) in [4.78, 5) is 30.2. The van der Waals surface area contributed by atoms with Crippen molar-refractivity contribution in [2.75, 3.05) is 32.8 Å². The lowest BCUT2D eigenvalue weighted by atomic mass is 10.1. The number of benzene rings is 1. The molecule has 0 atom stereocenters. The summed E-state index contributed by atoms with van der Waals surface area (Å²) in [7, 11) is 0. The molecule has 2 amide bonds. The number of amides is 2. The molecular formula is C27H38N2O4. The van der Waals surface area contributed by atoms with Crippen LogP contribution in [0.2, 0.25) is 0 Å². The second-order valence-electron chi connectivity index (χ2n) is 8.85. The molecule has 1 aliphatic carbocycles. The summed E-state index contributed by atoms with van der Waals surface area (Å²) in [6, 6.07) is 14.0. The zero-order chi connectivity index (χ0) is 23.5. The SMILES string of the molecule is CCOCCCN(CC(=O)N(CCc1ccccc1)Cc1ccc(C)o1)C(=O)C1CCCC1. The highest BCUT2D eigenvalue weighted by atomic mass is 16.5. The Labute approximate surface area is 197 Å². The molecule has 0 saturated heterocycles. The van der Waals surface area contributed by atoms with Gasteiger partial charge in [0.1, 0.15) is 11.5 Å². The summed E-state index contributed by atoms with van der Waals surface area (Å²) in [6.07, 6.45) is 5.54. The first-order valence-electron chi connectivity index (χ1n) is 12.3. The van der Waals surface area contributed by atoms with Crippen LogP contribution in [0.3, 0.4) is 0 Å². The molecule has 0 aliphatic heterocycles. The molecule has 1 aromatic heterocycles. The molecule has 3 rings (SSSR count). The van der Waals surface area contributed by atoms with Gasteiger partial charge in [-0.15, -0.1) is 0 Å². The maximum atomic E-state index is 13.5. The van der Waals surface area contributed by atoms with Crippen molar-refractivity contribution in [1.82, 2.24) is 9.80 Å². The third-order valence-electron chi connectivity index (χ3n) is 6.27. The topological polar surface area (TPSA) is 63.0 Å². The maximum absolute atomic E-state index is 13.5. The zero-order valence-corrected chi connectivity index (χ0v) is 20.1. The fourth-order valence-corrected chi connectivity index (χ4v) is 4.42. The van der Waals surface area contributed by atoms with Gasteiger partial charge in [0.25, 0.3) is 0 Å². The van der Waals surface area contributed by atoms with Crippen molar-refractivity contribution in [3.8, 4) is 0 Å². The predicted molar refractivity (Wildman–Crippen MR) is 129 cm³/mol. The van der Waals surface area contributed by atoms with E-state index in [-0.39, 0.29) is 24.3 Å². The molecule has 0 spiro atoms. The van der Waals surface area contributed by atoms with Crippen molar-refractivity contribution in [3.63, 3.8) is 0 Å². The van der Waals surface area contributed by atoms with Gasteiger partial charge < -0.3 is 19.0 Å². The molecule has 2 aromatic rings. The smallest absolute Gasteiger partial charge is 0.242 e. The molecular weight excluding hydrogens is 416 g/mol. The average molecular weight is 455 g/mol. The predicted octanol–water partition coefficient (Wildman–Crippen LogP) is 4.60. The van der Waals surface area contributed by atoms with Crippen molar-refractivity contribution >= 4 is 11.8 Å². The Bertz CT molecular complexity index is 858. The lowest BCUT2D eigenvalue weighted by molar-refractivity contribution is -0.143. The number of hydrogen-bond donors (Lipinski definition) is 0. The monoisotopic (exact) mass is 454 g/mol. The first-order valence-corrected chi connectivity index (χ1v) is 12.3. The van der Waals surface area contributed by atoms with Gasteiger partial charge >= 0.3 is 0 Å². The average Bonchev–Trinajstić information content (AvgIpc) is 3.50. The lowest BCUT2D eigenvalue weighted by Crippen LogP contribution is -2.45. The Kier molecular flexibility index (Phi) is 10.0. The fourth-order valence-electron chi connectivity index (χ4n) is 4.42. The summed E-state index contributed by atoms with van der Waals surface area (Å²) < 4.78 is 11.2. The van der Waals surface area contributed by atoms with Crippen LogP contribution in [0.25, 0.3) is 0 Å². The van der Waals surface area contributed by atoms with E-state index in [1.165, 1.54) is 5.56 Å². The van der Waals surface area contributed by atoms with Crippen LogP contribution in [0, 0.1) is 12.8 Å². The largest absolute Gasteiger partial charge is 0.464 e. The van der Waals surface area contributed by atoms with Gasteiger partial charge in [0.05, 0.1) is 13.1 Å². The van der Waals surface area contributed by atoms with E-state index in [2.05, 4.69) is 12.1 Å². The maximum Gasteiger partial charge on any atom is 0.242 e. The van der Waals surface area contributed by atoms with E-state index >= 15 is 0 Å². The number of furan rings is 1. The Morgan fingerprint density at radius 2 is 1.79 bits per heavy atom. The zero-order valence-electron chi connectivity index (χ0n) is 20.1. The quantitative estimate of drug-likeness (QED) is 0.415. The number of nitrogens with zero attached hydrogens (tertiary/aromatic N) is 2. The Morgan fingerprint density at radius 1 is 1.03 bits per heavy atom. The summed E-state index contributed by atoms with van der Waals surface area (Å²) in [5.41, 5.74) is 1.18. The van der Waals surface area contributed by atoms with Crippen molar-refractivity contribution in [3.05, 3.63) is 59.5 Å². The molecule has 0 radical (unpaired) electrons. The van der Waals surface area contributed by atoms with Crippen LogP contribution in [0.4, 0.5) is 0 Å². The van der Waals surface area contributed by atoms with Crippen LogP contribution in [-0.4, -0.2) is 54.5 Å². The number of ether oxygens (including phenoxy) is 1. The molecule has 0 N–H and O–H groups in total. The van der Waals surface area contributed by atoms with Gasteiger partial charge in [-0.25, -0.2) is 0 Å². The van der Waals surface area contributed by atoms with Gasteiger partial charge in [0.2, 0.25) is 11.8 Å². The van der Waals surface area contributed by atoms with E-state index < -0.39 is 0 Å². The van der Waals surface area contributed by atoms with Crippen LogP contribution in [0.1, 0.15) is 56.1 Å². The first kappa shape index (κ1) is 25.0. The van der Waals surface area contributed by atoms with Gasteiger partial charge in [-0.1, -0.05) is 43.2 Å². The van der Waals surface area contributed by atoms with Gasteiger partial charge in [-0.3, -0.25) is 9.59 Å². The molecule has 0 unspecified atom stereocenters. The highest BCUT2D eigenvalue weighted by molar-refractivity contribution is 5.86. The van der Waals surface area contributed by atoms with E-state index in [0.29, 0.717) is 32.8 Å². The van der Waals surface area contributed by atoms with Crippen LogP contribution in [-0.2, 0) is 27.3 Å². The van der Waals surface area contributed by atoms with Crippen molar-refractivity contribution in [2.24, 2.45) is 5.92 Å². The summed E-state index contributed by atoms with van der Waals surface area (Å²) >= 11 is 0. The van der Waals surface area contributed by atoms with Gasteiger partial charge in [-0.2, -0.15) is 0 Å². The van der Waals surface area contributed by atoms with Gasteiger partial charge in [0.15, 0.2) is 0 Å². The van der Waals surface area contributed by atoms with Gasteiger partial charge in [0, 0.05) is 32.2 Å². The summed E-state index contributed by atoms with van der Waals surface area (Å²) in [5.74, 6) is 1.72. The fraction of sp³-hybridized carbons (Fsp3) is 0.556. The van der Waals surface area contributed by atoms with E-state index in [1.807, 2.05) is 49.1 Å². The van der Waals surface area contributed by atoms with Crippen molar-refractivity contribution in [1.29, 1.82) is 0 Å². The van der Waals surface area contributed by atoms with Crippen LogP contribution >= 0.6 is 0 Å². The van der Waals surface area contributed by atoms with Crippen LogP contribution < -0.4 is 0 Å². The summed E-state index contributed by atoms with van der Waals surface area (Å²) in [5, 5.41) is 0. The molecule has 1 heterocycles. The van der Waals surface area contributed by atoms with E-state index in [9.17, 15) is 9.59 Å². The minimum absolute atomic E-state index is 0.0391. The number of hydrogen-bond acceptors (Lipinski definition) is 4. The number of carbonyl (C=O) groups excluding carboxylic acids is 2. The molecule has 180 valence electrons. The third-order valence-corrected chi connectivity index (χ3v) is 6.27. The van der Waals surface area contributed by atoms with Crippen LogP contribution in [0.15, 0.2) is 46.9 Å². The molecule has 1 aromatic carbocycles. The van der Waals surface area contributed by atoms with Crippen molar-refractivity contribution < 1.29 is 18.7 Å². The highest BCUT2D eigenvalue weighted by Crippen LogP contribution is 2.26. The second-order valence-corrected chi connectivity index (χ2v) is 8.85. The number of aryl methyl sites for hydroxylation is 1. The van der Waals surface area contributed by atoms with Crippen LogP contribution in [0.5, 0.6) is 0 Å². The van der Waals surface area contributed by atoms with E-state index in [4.69, 9.17) is 9.15 Å². The minimum atomic E-state index is -0.0391. The standard InChI is InChI=1S/C27H38N2O4/c1-3-32-19-9-17-29(27(31)24-12-7-8-13-24)21-26(30)28(20-25-15-14-22(2)33-25)18-16-23-10-5-4-6-11-23/h4-6,10-11,14-15,24H,3,7-9,12-13,16-21H2,1-2H3. The highest BCUT2D eigenvalue weighted by Gasteiger charge is 2.29. The minimum Gasteiger partial charge on any atom is -0.464 e. The first-order chi connectivity index (χ1) is 16.1. The number of rotatable bonds is 13. The molecule has 1 fully saturated rings. The summed E-state index contributed by atoms with van der Waals surface area (Å²) in [6.45, 7) is 6.76. The molecule has 1 aliphatic rings. The third kappa shape index (κ3) is 8.04. The Balaban J connectivity index is 1.68. The molecule has 6 heteroatoms. The molecule has 0 bridgehead atoms. The lowest BCUT2D eigenvalue weighted by Gasteiger charge is -2.29. The van der Waals surface area contributed by atoms with Gasteiger partial charge in [-0.05, 0) is 57.2 Å². The van der Waals surface area contributed by atoms with E-state index in [0.717, 1.165) is 50.0 Å².